The molecule has 2 heterocycles. The van der Waals surface area contributed by atoms with Gasteiger partial charge in [0.15, 0.2) is 5.13 Å². The number of methoxy groups -OCH3 is 1. The predicted molar refractivity (Wildman–Crippen MR) is 117 cm³/mol. The molecule has 0 radical (unpaired) electrons. The molecule has 0 aliphatic rings. The van der Waals surface area contributed by atoms with Gasteiger partial charge in [0.25, 0.3) is 0 Å². The smallest absolute Gasteiger partial charge is 0.322 e. The lowest BCUT2D eigenvalue weighted by Crippen LogP contribution is -2.22. The lowest BCUT2D eigenvalue weighted by molar-refractivity contribution is 0.324. The highest BCUT2D eigenvalue weighted by molar-refractivity contribution is 7.82. The summed E-state index contributed by atoms with van der Waals surface area (Å²) in [7, 11) is 0.572. The fraction of sp³-hybridized carbons (Fsp3) is 0.211. The fourth-order valence-electron chi connectivity index (χ4n) is 2.67. The van der Waals surface area contributed by atoms with Crippen LogP contribution in [0.1, 0.15) is 0 Å². The maximum absolute atomic E-state index is 11.0. The molecule has 0 aliphatic heterocycles. The third kappa shape index (κ3) is 4.75. The van der Waals surface area contributed by atoms with Crippen LogP contribution in [0.4, 0.5) is 11.1 Å². The Morgan fingerprint density at radius 3 is 2.77 bits per heavy atom. The number of thiazole rings is 1. The van der Waals surface area contributed by atoms with Crippen molar-refractivity contribution in [3.63, 3.8) is 0 Å². The van der Waals surface area contributed by atoms with Crippen LogP contribution in [-0.2, 0) is 11.0 Å². The Labute approximate surface area is 179 Å². The van der Waals surface area contributed by atoms with E-state index in [0.717, 1.165) is 15.8 Å². The van der Waals surface area contributed by atoms with Crippen LogP contribution in [0.25, 0.3) is 21.7 Å². The average Bonchev–Trinajstić information content (AvgIpc) is 3.38. The monoisotopic (exact) mass is 445 g/mol. The zero-order chi connectivity index (χ0) is 20.9. The molecule has 4 aromatic rings. The van der Waals surface area contributed by atoms with Gasteiger partial charge in [0.05, 0.1) is 22.8 Å². The first-order valence-electron chi connectivity index (χ1n) is 8.96. The molecule has 156 valence electrons. The van der Waals surface area contributed by atoms with Crippen LogP contribution in [-0.4, -0.2) is 45.9 Å². The second-order valence-corrected chi connectivity index (χ2v) is 8.31. The zero-order valence-electron chi connectivity index (χ0n) is 16.2. The SMILES string of the molecule is COc1cccc2sc(Nc3nnc(-c4ccc(OCCNS(C)=O)cc4)o3)nc12. The van der Waals surface area contributed by atoms with E-state index in [4.69, 9.17) is 13.9 Å². The summed E-state index contributed by atoms with van der Waals surface area (Å²) in [5.74, 6) is 1.79. The minimum Gasteiger partial charge on any atom is -0.494 e. The van der Waals surface area contributed by atoms with Gasteiger partial charge in [0.2, 0.25) is 5.89 Å². The standard InChI is InChI=1S/C19H19N5O4S2/c1-26-14-4-3-5-15-16(14)21-19(29-15)22-18-24-23-17(28-18)12-6-8-13(9-7-12)27-11-10-20-30(2)25/h3-9,20H,10-11H2,1-2H3,(H,21,22,24). The maximum atomic E-state index is 11.0. The van der Waals surface area contributed by atoms with Crippen molar-refractivity contribution in [2.75, 3.05) is 31.8 Å². The lowest BCUT2D eigenvalue weighted by atomic mass is 10.2. The number of fused-ring (bicyclic) bond motifs is 1. The number of nitrogens with zero attached hydrogens (tertiary/aromatic N) is 3. The molecule has 2 N–H and O–H groups in total. The van der Waals surface area contributed by atoms with E-state index in [2.05, 4.69) is 25.2 Å². The van der Waals surface area contributed by atoms with E-state index in [1.165, 1.54) is 11.3 Å². The number of rotatable bonds is 9. The number of anilines is 2. The Morgan fingerprint density at radius 2 is 2.00 bits per heavy atom. The summed E-state index contributed by atoms with van der Waals surface area (Å²) >= 11 is 1.47. The molecule has 0 bridgehead atoms. The highest BCUT2D eigenvalue weighted by Crippen LogP contribution is 2.33. The van der Waals surface area contributed by atoms with E-state index in [1.54, 1.807) is 13.4 Å². The van der Waals surface area contributed by atoms with Gasteiger partial charge < -0.3 is 13.9 Å². The molecular weight excluding hydrogens is 426 g/mol. The minimum atomic E-state index is -1.04. The van der Waals surface area contributed by atoms with Crippen molar-refractivity contribution in [2.24, 2.45) is 0 Å². The van der Waals surface area contributed by atoms with Gasteiger partial charge in [-0.3, -0.25) is 5.32 Å². The second kappa shape index (κ2) is 9.20. The summed E-state index contributed by atoms with van der Waals surface area (Å²) in [6.07, 6.45) is 1.58. The van der Waals surface area contributed by atoms with Gasteiger partial charge in [-0.05, 0) is 36.4 Å². The summed E-state index contributed by atoms with van der Waals surface area (Å²) in [4.78, 5) is 4.53. The molecule has 1 unspecified atom stereocenters. The Bertz CT molecular complexity index is 1160. The van der Waals surface area contributed by atoms with Gasteiger partial charge >= 0.3 is 6.01 Å². The molecule has 2 aromatic heterocycles. The fourth-order valence-corrected chi connectivity index (χ4v) is 3.92. The number of hydrogen-bond acceptors (Lipinski definition) is 9. The molecule has 11 heteroatoms. The lowest BCUT2D eigenvalue weighted by Gasteiger charge is -2.06. The van der Waals surface area contributed by atoms with E-state index in [9.17, 15) is 4.21 Å². The normalized spacial score (nSPS) is 12.1. The Kier molecular flexibility index (Phi) is 6.21. The number of aromatic nitrogens is 3. The van der Waals surface area contributed by atoms with Crippen LogP contribution in [0.3, 0.4) is 0 Å². The van der Waals surface area contributed by atoms with Gasteiger partial charge in [-0.2, -0.15) is 0 Å². The van der Waals surface area contributed by atoms with Crippen molar-refractivity contribution in [3.8, 4) is 23.0 Å². The van der Waals surface area contributed by atoms with Crippen molar-refractivity contribution in [1.29, 1.82) is 0 Å². The molecule has 0 aliphatic carbocycles. The van der Waals surface area contributed by atoms with E-state index in [-0.39, 0.29) is 6.01 Å². The van der Waals surface area contributed by atoms with Gasteiger partial charge in [-0.15, -0.1) is 5.10 Å². The molecule has 0 amide bonds. The third-order valence-corrected chi connectivity index (χ3v) is 5.56. The van der Waals surface area contributed by atoms with Crippen LogP contribution < -0.4 is 19.5 Å². The maximum Gasteiger partial charge on any atom is 0.322 e. The van der Waals surface area contributed by atoms with Crippen molar-refractivity contribution in [2.45, 2.75) is 0 Å². The quantitative estimate of drug-likeness (QED) is 0.377. The third-order valence-electron chi connectivity index (χ3n) is 4.02. The molecule has 30 heavy (non-hydrogen) atoms. The zero-order valence-corrected chi connectivity index (χ0v) is 17.9. The number of benzene rings is 2. The molecule has 0 spiro atoms. The summed E-state index contributed by atoms with van der Waals surface area (Å²) in [6, 6.07) is 13.3. The van der Waals surface area contributed by atoms with Crippen molar-refractivity contribution in [3.05, 3.63) is 42.5 Å². The molecule has 2 aromatic carbocycles. The first kappa shape index (κ1) is 20.3. The Morgan fingerprint density at radius 1 is 1.17 bits per heavy atom. The molecule has 1 atom stereocenters. The molecular formula is C19H19N5O4S2. The van der Waals surface area contributed by atoms with Crippen LogP contribution in [0.5, 0.6) is 11.5 Å². The first-order chi connectivity index (χ1) is 14.6. The number of nitrogens with one attached hydrogen (secondary N) is 2. The Hall–Kier alpha value is -3.02. The molecule has 9 nitrogen and oxygen atoms in total. The number of hydrogen-bond donors (Lipinski definition) is 2. The minimum absolute atomic E-state index is 0.252. The van der Waals surface area contributed by atoms with E-state index < -0.39 is 11.0 Å². The van der Waals surface area contributed by atoms with Gasteiger partial charge in [-0.1, -0.05) is 22.5 Å². The van der Waals surface area contributed by atoms with Crippen molar-refractivity contribution < 1.29 is 18.1 Å². The molecule has 0 saturated heterocycles. The van der Waals surface area contributed by atoms with E-state index in [1.807, 2.05) is 42.5 Å². The molecule has 4 rings (SSSR count). The predicted octanol–water partition coefficient (Wildman–Crippen LogP) is 3.36. The second-order valence-electron chi connectivity index (χ2n) is 6.08. The van der Waals surface area contributed by atoms with Crippen LogP contribution in [0.15, 0.2) is 46.9 Å². The van der Waals surface area contributed by atoms with Crippen molar-refractivity contribution in [1.82, 2.24) is 19.9 Å². The number of para-hydroxylation sites is 1. The topological polar surface area (TPSA) is 111 Å². The molecule has 0 saturated carbocycles. The van der Waals surface area contributed by atoms with Gasteiger partial charge in [0.1, 0.15) is 23.6 Å². The first-order valence-corrected chi connectivity index (χ1v) is 11.3. The van der Waals surface area contributed by atoms with Crippen LogP contribution in [0.2, 0.25) is 0 Å². The largest absolute Gasteiger partial charge is 0.494 e. The van der Waals surface area contributed by atoms with E-state index >= 15 is 0 Å². The molecule has 0 fully saturated rings. The van der Waals surface area contributed by atoms with Gasteiger partial charge in [-0.25, -0.2) is 13.9 Å². The summed E-state index contributed by atoms with van der Waals surface area (Å²) in [5, 5.41) is 11.8. The van der Waals surface area contributed by atoms with E-state index in [0.29, 0.717) is 35.7 Å². The van der Waals surface area contributed by atoms with Crippen molar-refractivity contribution >= 4 is 43.7 Å². The van der Waals surface area contributed by atoms with Gasteiger partial charge in [0, 0.05) is 18.4 Å². The Balaban J connectivity index is 1.41. The summed E-state index contributed by atoms with van der Waals surface area (Å²) in [6.45, 7) is 0.918. The summed E-state index contributed by atoms with van der Waals surface area (Å²) in [5.41, 5.74) is 1.55. The summed E-state index contributed by atoms with van der Waals surface area (Å²) < 4.78 is 31.4. The number of ether oxygens (including phenoxy) is 2. The average molecular weight is 446 g/mol. The highest BCUT2D eigenvalue weighted by atomic mass is 32.2. The van der Waals surface area contributed by atoms with Crippen LogP contribution >= 0.6 is 11.3 Å². The highest BCUT2D eigenvalue weighted by Gasteiger charge is 2.13. The van der Waals surface area contributed by atoms with Crippen LogP contribution in [0, 0.1) is 0 Å².